The number of carbonyl (C=O) groups excluding carboxylic acids is 1. The van der Waals surface area contributed by atoms with Crippen LogP contribution in [0.4, 0.5) is 0 Å². The van der Waals surface area contributed by atoms with Gasteiger partial charge in [0.2, 0.25) is 0 Å². The van der Waals surface area contributed by atoms with Crippen LogP contribution in [0.25, 0.3) is 0 Å². The van der Waals surface area contributed by atoms with Crippen molar-refractivity contribution in [3.8, 4) is 17.2 Å². The quantitative estimate of drug-likeness (QED) is 0.479. The van der Waals surface area contributed by atoms with Crippen LogP contribution in [-0.2, 0) is 11.2 Å². The van der Waals surface area contributed by atoms with Gasteiger partial charge in [-0.3, -0.25) is 4.79 Å². The van der Waals surface area contributed by atoms with Gasteiger partial charge in [-0.25, -0.2) is 5.43 Å². The van der Waals surface area contributed by atoms with Gasteiger partial charge in [0.15, 0.2) is 18.1 Å². The van der Waals surface area contributed by atoms with Gasteiger partial charge in [-0.2, -0.15) is 5.10 Å². The molecule has 0 spiro atoms. The number of carbonyl (C=O) groups is 1. The lowest BCUT2D eigenvalue weighted by atomic mass is 10.1. The third-order valence-electron chi connectivity index (χ3n) is 3.67. The number of amides is 1. The van der Waals surface area contributed by atoms with Gasteiger partial charge in [-0.1, -0.05) is 28.9 Å². The molecule has 6 nitrogen and oxygen atoms in total. The Morgan fingerprint density at radius 1 is 1.19 bits per heavy atom. The molecule has 1 N–H and O–H groups in total. The number of halogens is 1. The molecule has 27 heavy (non-hydrogen) atoms. The topological polar surface area (TPSA) is 69.2 Å². The van der Waals surface area contributed by atoms with Crippen molar-refractivity contribution in [3.63, 3.8) is 0 Å². The van der Waals surface area contributed by atoms with Crippen LogP contribution in [-0.4, -0.2) is 32.4 Å². The SMILES string of the molecule is CCOc1c(/C=N/NC(=O)COc2ccc(Br)cc2CC)cccc1OC. The van der Waals surface area contributed by atoms with E-state index in [0.29, 0.717) is 29.4 Å². The van der Waals surface area contributed by atoms with Crippen molar-refractivity contribution < 1.29 is 19.0 Å². The first-order valence-corrected chi connectivity index (χ1v) is 9.41. The third-order valence-corrected chi connectivity index (χ3v) is 4.17. The van der Waals surface area contributed by atoms with Crippen molar-refractivity contribution in [2.45, 2.75) is 20.3 Å². The standard InChI is InChI=1S/C20H23BrN2O4/c1-4-14-11-16(21)9-10-17(14)27-13-19(24)23-22-12-15-7-6-8-18(25-3)20(15)26-5-2/h6-12H,4-5,13H2,1-3H3,(H,23,24)/b22-12+. The fraction of sp³-hybridized carbons (Fsp3) is 0.300. The molecule has 2 aromatic rings. The van der Waals surface area contributed by atoms with E-state index in [4.69, 9.17) is 14.2 Å². The first-order valence-electron chi connectivity index (χ1n) is 8.61. The first-order chi connectivity index (χ1) is 13.1. The summed E-state index contributed by atoms with van der Waals surface area (Å²) >= 11 is 3.43. The van der Waals surface area contributed by atoms with Gasteiger partial charge in [0.05, 0.1) is 19.9 Å². The van der Waals surface area contributed by atoms with E-state index in [0.717, 1.165) is 16.5 Å². The van der Waals surface area contributed by atoms with Gasteiger partial charge < -0.3 is 14.2 Å². The Balaban J connectivity index is 1.96. The zero-order chi connectivity index (χ0) is 19.6. The van der Waals surface area contributed by atoms with Gasteiger partial charge >= 0.3 is 0 Å². The number of ether oxygens (including phenoxy) is 3. The van der Waals surface area contributed by atoms with E-state index < -0.39 is 0 Å². The number of methoxy groups -OCH3 is 1. The number of aryl methyl sites for hydroxylation is 1. The lowest BCUT2D eigenvalue weighted by Gasteiger charge is -2.11. The van der Waals surface area contributed by atoms with Crippen molar-refractivity contribution in [1.29, 1.82) is 0 Å². The molecule has 0 radical (unpaired) electrons. The molecule has 0 bridgehead atoms. The maximum atomic E-state index is 12.0. The fourth-order valence-electron chi connectivity index (χ4n) is 2.41. The number of nitrogens with zero attached hydrogens (tertiary/aromatic N) is 1. The predicted octanol–water partition coefficient (Wildman–Crippen LogP) is 3.95. The summed E-state index contributed by atoms with van der Waals surface area (Å²) in [7, 11) is 1.57. The lowest BCUT2D eigenvalue weighted by molar-refractivity contribution is -0.123. The Labute approximate surface area is 167 Å². The van der Waals surface area contributed by atoms with Crippen LogP contribution in [0.2, 0.25) is 0 Å². The summed E-state index contributed by atoms with van der Waals surface area (Å²) in [4.78, 5) is 12.0. The Morgan fingerprint density at radius 2 is 2.00 bits per heavy atom. The average molecular weight is 435 g/mol. The maximum Gasteiger partial charge on any atom is 0.277 e. The molecule has 7 heteroatoms. The number of benzene rings is 2. The molecular weight excluding hydrogens is 412 g/mol. The number of hydrogen-bond donors (Lipinski definition) is 1. The van der Waals surface area contributed by atoms with Crippen LogP contribution in [0, 0.1) is 0 Å². The normalized spacial score (nSPS) is 10.7. The number of hydrazone groups is 1. The summed E-state index contributed by atoms with van der Waals surface area (Å²) in [6.45, 7) is 4.29. The minimum Gasteiger partial charge on any atom is -0.493 e. The molecule has 2 rings (SSSR count). The summed E-state index contributed by atoms with van der Waals surface area (Å²) in [5.74, 6) is 1.53. The molecule has 144 valence electrons. The highest BCUT2D eigenvalue weighted by Gasteiger charge is 2.09. The van der Waals surface area contributed by atoms with Gasteiger partial charge in [-0.15, -0.1) is 0 Å². The fourth-order valence-corrected chi connectivity index (χ4v) is 2.82. The summed E-state index contributed by atoms with van der Waals surface area (Å²) in [6.07, 6.45) is 2.33. The van der Waals surface area contributed by atoms with E-state index in [-0.39, 0.29) is 12.5 Å². The van der Waals surface area contributed by atoms with E-state index in [2.05, 4.69) is 26.5 Å². The molecule has 0 saturated carbocycles. The van der Waals surface area contributed by atoms with E-state index in [1.54, 1.807) is 13.2 Å². The molecule has 0 heterocycles. The Morgan fingerprint density at radius 3 is 2.70 bits per heavy atom. The van der Waals surface area contributed by atoms with Crippen LogP contribution in [0.1, 0.15) is 25.0 Å². The monoisotopic (exact) mass is 434 g/mol. The zero-order valence-electron chi connectivity index (χ0n) is 15.6. The number of para-hydroxylation sites is 1. The molecule has 0 atom stereocenters. The van der Waals surface area contributed by atoms with Crippen LogP contribution in [0.3, 0.4) is 0 Å². The molecule has 0 aliphatic heterocycles. The molecule has 1 amide bonds. The Hall–Kier alpha value is -2.54. The summed E-state index contributed by atoms with van der Waals surface area (Å²) in [5.41, 5.74) is 4.19. The van der Waals surface area contributed by atoms with E-state index in [9.17, 15) is 4.79 Å². The molecule has 0 saturated heterocycles. The Kier molecular flexibility index (Phi) is 8.13. The van der Waals surface area contributed by atoms with Crippen LogP contribution >= 0.6 is 15.9 Å². The molecule has 2 aromatic carbocycles. The van der Waals surface area contributed by atoms with Gasteiger partial charge in [0.25, 0.3) is 5.91 Å². The molecule has 0 unspecified atom stereocenters. The second-order valence-electron chi connectivity index (χ2n) is 5.50. The Bertz CT molecular complexity index is 809. The molecule has 0 aliphatic rings. The summed E-state index contributed by atoms with van der Waals surface area (Å²) in [6, 6.07) is 11.1. The van der Waals surface area contributed by atoms with Gasteiger partial charge in [0.1, 0.15) is 5.75 Å². The molecule has 0 fully saturated rings. The molecular formula is C20H23BrN2O4. The summed E-state index contributed by atoms with van der Waals surface area (Å²) < 4.78 is 17.5. The zero-order valence-corrected chi connectivity index (χ0v) is 17.2. The van der Waals surface area contributed by atoms with E-state index in [1.807, 2.05) is 44.2 Å². The second-order valence-corrected chi connectivity index (χ2v) is 6.41. The highest BCUT2D eigenvalue weighted by Crippen LogP contribution is 2.30. The van der Waals surface area contributed by atoms with Crippen molar-refractivity contribution in [2.75, 3.05) is 20.3 Å². The summed E-state index contributed by atoms with van der Waals surface area (Å²) in [5, 5.41) is 3.98. The highest BCUT2D eigenvalue weighted by molar-refractivity contribution is 9.10. The molecule has 0 aliphatic carbocycles. The first kappa shape index (κ1) is 20.8. The smallest absolute Gasteiger partial charge is 0.277 e. The minimum atomic E-state index is -0.350. The minimum absolute atomic E-state index is 0.123. The number of rotatable bonds is 9. The van der Waals surface area contributed by atoms with Crippen LogP contribution in [0.5, 0.6) is 17.2 Å². The van der Waals surface area contributed by atoms with E-state index in [1.165, 1.54) is 6.21 Å². The van der Waals surface area contributed by atoms with Gasteiger partial charge in [0, 0.05) is 10.0 Å². The third kappa shape index (κ3) is 5.99. The highest BCUT2D eigenvalue weighted by atomic mass is 79.9. The van der Waals surface area contributed by atoms with Crippen LogP contribution < -0.4 is 19.6 Å². The van der Waals surface area contributed by atoms with Crippen LogP contribution in [0.15, 0.2) is 46.0 Å². The lowest BCUT2D eigenvalue weighted by Crippen LogP contribution is -2.24. The average Bonchev–Trinajstić information content (AvgIpc) is 2.68. The van der Waals surface area contributed by atoms with Crippen molar-refractivity contribution in [2.24, 2.45) is 5.10 Å². The number of hydrogen-bond acceptors (Lipinski definition) is 5. The van der Waals surface area contributed by atoms with Gasteiger partial charge in [-0.05, 0) is 49.2 Å². The van der Waals surface area contributed by atoms with Crippen molar-refractivity contribution in [1.82, 2.24) is 5.43 Å². The second kappa shape index (κ2) is 10.6. The molecule has 0 aromatic heterocycles. The maximum absolute atomic E-state index is 12.0. The van der Waals surface area contributed by atoms with Crippen molar-refractivity contribution in [3.05, 3.63) is 52.0 Å². The number of nitrogens with one attached hydrogen (secondary N) is 1. The van der Waals surface area contributed by atoms with E-state index >= 15 is 0 Å². The van der Waals surface area contributed by atoms with Crippen molar-refractivity contribution >= 4 is 28.1 Å². The largest absolute Gasteiger partial charge is 0.493 e. The predicted molar refractivity (Wildman–Crippen MR) is 109 cm³/mol.